The van der Waals surface area contributed by atoms with Crippen LogP contribution in [-0.2, 0) is 6.18 Å². The van der Waals surface area contributed by atoms with Crippen LogP contribution in [0.5, 0.6) is 0 Å². The summed E-state index contributed by atoms with van der Waals surface area (Å²) in [5.74, 6) is 0.273. The Balaban J connectivity index is 2.31. The molecule has 0 spiro atoms. The van der Waals surface area contributed by atoms with Gasteiger partial charge in [-0.25, -0.2) is 4.98 Å². The number of nitrogens with two attached hydrogens (primary N) is 1. The SMILES string of the molecule is NCC1CC1c1cc(C(F)(F)F)cnc1Cl. The lowest BCUT2D eigenvalue weighted by molar-refractivity contribution is -0.137. The Morgan fingerprint density at radius 2 is 2.19 bits per heavy atom. The van der Waals surface area contributed by atoms with Crippen LogP contribution in [0.15, 0.2) is 12.3 Å². The van der Waals surface area contributed by atoms with E-state index >= 15 is 0 Å². The van der Waals surface area contributed by atoms with Gasteiger partial charge in [-0.1, -0.05) is 11.6 Å². The van der Waals surface area contributed by atoms with Gasteiger partial charge in [0.2, 0.25) is 0 Å². The maximum absolute atomic E-state index is 12.5. The molecule has 1 saturated carbocycles. The Bertz CT molecular complexity index is 406. The summed E-state index contributed by atoms with van der Waals surface area (Å²) in [5, 5.41) is 0.147. The van der Waals surface area contributed by atoms with Gasteiger partial charge in [0.1, 0.15) is 5.15 Å². The van der Waals surface area contributed by atoms with Crippen LogP contribution in [0.25, 0.3) is 0 Å². The smallest absolute Gasteiger partial charge is 0.330 e. The molecule has 0 bridgehead atoms. The molecule has 1 aromatic rings. The van der Waals surface area contributed by atoms with Gasteiger partial charge in [0, 0.05) is 6.20 Å². The van der Waals surface area contributed by atoms with Gasteiger partial charge in [0.05, 0.1) is 5.56 Å². The minimum atomic E-state index is -4.38. The molecule has 0 aliphatic heterocycles. The van der Waals surface area contributed by atoms with Crippen LogP contribution in [0.2, 0.25) is 5.15 Å². The highest BCUT2D eigenvalue weighted by Gasteiger charge is 2.40. The molecule has 1 fully saturated rings. The van der Waals surface area contributed by atoms with Gasteiger partial charge in [-0.3, -0.25) is 0 Å². The molecule has 2 rings (SSSR count). The molecule has 1 heterocycles. The van der Waals surface area contributed by atoms with Crippen LogP contribution in [0.3, 0.4) is 0 Å². The van der Waals surface area contributed by atoms with Crippen LogP contribution in [0.1, 0.15) is 23.5 Å². The fourth-order valence-corrected chi connectivity index (χ4v) is 2.01. The van der Waals surface area contributed by atoms with E-state index in [1.807, 2.05) is 0 Å². The molecule has 1 aliphatic carbocycles. The third-order valence-corrected chi connectivity index (χ3v) is 3.13. The summed E-state index contributed by atoms with van der Waals surface area (Å²) in [6, 6.07) is 1.08. The lowest BCUT2D eigenvalue weighted by atomic mass is 10.1. The fraction of sp³-hybridized carbons (Fsp3) is 0.500. The molecular formula is C10H10ClF3N2. The van der Waals surface area contributed by atoms with Crippen molar-refractivity contribution < 1.29 is 13.2 Å². The summed E-state index contributed by atoms with van der Waals surface area (Å²) in [4.78, 5) is 3.58. The highest BCUT2D eigenvalue weighted by atomic mass is 35.5. The van der Waals surface area contributed by atoms with Crippen molar-refractivity contribution in [1.82, 2.24) is 4.98 Å². The lowest BCUT2D eigenvalue weighted by Gasteiger charge is -2.09. The second-order valence-corrected chi connectivity index (χ2v) is 4.30. The predicted molar refractivity (Wildman–Crippen MR) is 54.2 cm³/mol. The number of hydrogen-bond donors (Lipinski definition) is 1. The van der Waals surface area contributed by atoms with Crippen molar-refractivity contribution in [3.63, 3.8) is 0 Å². The number of halogens is 4. The number of hydrogen-bond acceptors (Lipinski definition) is 2. The average Bonchev–Trinajstić information content (AvgIpc) is 2.95. The van der Waals surface area contributed by atoms with E-state index in [9.17, 15) is 13.2 Å². The van der Waals surface area contributed by atoms with E-state index in [1.54, 1.807) is 0 Å². The van der Waals surface area contributed by atoms with Gasteiger partial charge >= 0.3 is 6.18 Å². The number of aromatic nitrogens is 1. The number of alkyl halides is 3. The molecule has 0 saturated heterocycles. The highest BCUT2D eigenvalue weighted by Crippen LogP contribution is 2.49. The zero-order valence-corrected chi connectivity index (χ0v) is 9.02. The molecule has 2 N–H and O–H groups in total. The Hall–Kier alpha value is -0.810. The van der Waals surface area contributed by atoms with Gasteiger partial charge in [0.15, 0.2) is 0 Å². The Morgan fingerprint density at radius 1 is 1.50 bits per heavy atom. The normalized spacial score (nSPS) is 24.6. The van der Waals surface area contributed by atoms with Crippen LogP contribution in [-0.4, -0.2) is 11.5 Å². The fourth-order valence-electron chi connectivity index (χ4n) is 1.77. The summed E-state index contributed by atoms with van der Waals surface area (Å²) in [6.45, 7) is 0.469. The topological polar surface area (TPSA) is 38.9 Å². The molecule has 0 amide bonds. The van der Waals surface area contributed by atoms with Crippen molar-refractivity contribution in [2.75, 3.05) is 6.54 Å². The first-order valence-electron chi connectivity index (χ1n) is 4.86. The first-order valence-corrected chi connectivity index (χ1v) is 5.24. The zero-order chi connectivity index (χ0) is 11.9. The zero-order valence-electron chi connectivity index (χ0n) is 8.26. The van der Waals surface area contributed by atoms with Crippen molar-refractivity contribution in [3.8, 4) is 0 Å². The Kier molecular flexibility index (Phi) is 2.84. The number of nitrogens with zero attached hydrogens (tertiary/aromatic N) is 1. The quantitative estimate of drug-likeness (QED) is 0.820. The summed E-state index contributed by atoms with van der Waals surface area (Å²) in [5.41, 5.74) is 5.16. The van der Waals surface area contributed by atoms with Crippen LogP contribution >= 0.6 is 11.6 Å². The van der Waals surface area contributed by atoms with E-state index in [2.05, 4.69) is 4.98 Å². The Labute approximate surface area is 95.6 Å². The maximum atomic E-state index is 12.5. The maximum Gasteiger partial charge on any atom is 0.417 e. The van der Waals surface area contributed by atoms with Crippen LogP contribution in [0.4, 0.5) is 13.2 Å². The van der Waals surface area contributed by atoms with Gasteiger partial charge in [-0.15, -0.1) is 0 Å². The molecule has 6 heteroatoms. The largest absolute Gasteiger partial charge is 0.417 e. The van der Waals surface area contributed by atoms with Gasteiger partial charge < -0.3 is 5.73 Å². The second kappa shape index (κ2) is 3.89. The minimum Gasteiger partial charge on any atom is -0.330 e. The molecule has 2 atom stereocenters. The standard InChI is InChI=1S/C10H10ClF3N2/c11-9-8(7-1-5(7)3-15)2-6(4-16-9)10(12,13)14/h2,4-5,7H,1,3,15H2. The molecule has 0 aromatic carbocycles. The van der Waals surface area contributed by atoms with E-state index in [4.69, 9.17) is 17.3 Å². The number of pyridine rings is 1. The van der Waals surface area contributed by atoms with Crippen molar-refractivity contribution >= 4 is 11.6 Å². The number of rotatable bonds is 2. The second-order valence-electron chi connectivity index (χ2n) is 3.94. The first kappa shape index (κ1) is 11.7. The highest BCUT2D eigenvalue weighted by molar-refractivity contribution is 6.30. The van der Waals surface area contributed by atoms with E-state index in [0.29, 0.717) is 12.1 Å². The van der Waals surface area contributed by atoms with E-state index in [0.717, 1.165) is 18.7 Å². The molecule has 1 aliphatic rings. The summed E-state index contributed by atoms with van der Waals surface area (Å²) in [7, 11) is 0. The van der Waals surface area contributed by atoms with Crippen molar-refractivity contribution in [3.05, 3.63) is 28.5 Å². The summed E-state index contributed by atoms with van der Waals surface area (Å²) >= 11 is 5.78. The van der Waals surface area contributed by atoms with Gasteiger partial charge in [-0.2, -0.15) is 13.2 Å². The van der Waals surface area contributed by atoms with Crippen molar-refractivity contribution in [2.45, 2.75) is 18.5 Å². The van der Waals surface area contributed by atoms with E-state index in [-0.39, 0.29) is 17.0 Å². The van der Waals surface area contributed by atoms with E-state index < -0.39 is 11.7 Å². The first-order chi connectivity index (χ1) is 7.43. The third-order valence-electron chi connectivity index (χ3n) is 2.82. The molecule has 16 heavy (non-hydrogen) atoms. The average molecular weight is 251 g/mol. The van der Waals surface area contributed by atoms with Crippen molar-refractivity contribution in [2.24, 2.45) is 11.7 Å². The van der Waals surface area contributed by atoms with E-state index in [1.165, 1.54) is 0 Å². The molecule has 1 aromatic heterocycles. The molecule has 2 nitrogen and oxygen atoms in total. The van der Waals surface area contributed by atoms with Gasteiger partial charge in [-0.05, 0) is 36.4 Å². The summed E-state index contributed by atoms with van der Waals surface area (Å²) < 4.78 is 37.4. The summed E-state index contributed by atoms with van der Waals surface area (Å²) in [6.07, 6.45) is -2.83. The van der Waals surface area contributed by atoms with Gasteiger partial charge in [0.25, 0.3) is 0 Å². The minimum absolute atomic E-state index is 0.0345. The van der Waals surface area contributed by atoms with Crippen LogP contribution in [0, 0.1) is 5.92 Å². The predicted octanol–water partition coefficient (Wildman–Crippen LogP) is 2.82. The molecule has 0 radical (unpaired) electrons. The molecule has 2 unspecified atom stereocenters. The monoisotopic (exact) mass is 250 g/mol. The third kappa shape index (κ3) is 2.15. The van der Waals surface area contributed by atoms with Crippen LogP contribution < -0.4 is 5.73 Å². The lowest BCUT2D eigenvalue weighted by Crippen LogP contribution is -2.07. The molecule has 88 valence electrons. The van der Waals surface area contributed by atoms with Crippen molar-refractivity contribution in [1.29, 1.82) is 0 Å². The Morgan fingerprint density at radius 3 is 2.69 bits per heavy atom. The molecular weight excluding hydrogens is 241 g/mol.